The summed E-state index contributed by atoms with van der Waals surface area (Å²) in [6.45, 7) is 1.93. The predicted octanol–water partition coefficient (Wildman–Crippen LogP) is 0.696. The fourth-order valence-corrected chi connectivity index (χ4v) is 3.20. The number of amides is 1. The molecule has 1 aromatic carbocycles. The first kappa shape index (κ1) is 19.2. The van der Waals surface area contributed by atoms with Gasteiger partial charge in [-0.15, -0.1) is 0 Å². The first-order valence-corrected chi connectivity index (χ1v) is 9.06. The molecule has 1 atom stereocenters. The zero-order valence-corrected chi connectivity index (χ0v) is 15.9. The second-order valence-electron chi connectivity index (χ2n) is 6.63. The third-order valence-electron chi connectivity index (χ3n) is 4.87. The van der Waals surface area contributed by atoms with Gasteiger partial charge in [0.15, 0.2) is 0 Å². The summed E-state index contributed by atoms with van der Waals surface area (Å²) in [5, 5.41) is 9.12. The average Bonchev–Trinajstić information content (AvgIpc) is 3.02. The van der Waals surface area contributed by atoms with Crippen molar-refractivity contribution in [2.24, 2.45) is 0 Å². The van der Waals surface area contributed by atoms with Gasteiger partial charge in [-0.2, -0.15) is 0 Å². The number of nitrogen functional groups attached to an aromatic ring is 1. The lowest BCUT2D eigenvalue weighted by atomic mass is 10.2. The molecule has 1 amide bonds. The van der Waals surface area contributed by atoms with E-state index >= 15 is 0 Å². The Morgan fingerprint density at radius 1 is 1.17 bits per heavy atom. The largest absolute Gasteiger partial charge is 0.480 e. The molecule has 0 bridgehead atoms. The van der Waals surface area contributed by atoms with Crippen LogP contribution < -0.4 is 21.1 Å². The van der Waals surface area contributed by atoms with Crippen LogP contribution in [-0.4, -0.2) is 49.2 Å². The summed E-state index contributed by atoms with van der Waals surface area (Å²) < 4.78 is 7.98. The number of nitrogens with zero attached hydrogens (tertiary/aromatic N) is 5. The first-order valence-electron chi connectivity index (χ1n) is 9.06. The zero-order chi connectivity index (χ0) is 21.4. The number of carbonyl (C=O) groups is 2. The van der Waals surface area contributed by atoms with E-state index in [1.165, 1.54) is 35.1 Å². The number of rotatable bonds is 4. The van der Waals surface area contributed by atoms with Gasteiger partial charge in [-0.3, -0.25) is 13.9 Å². The maximum atomic E-state index is 13.0. The molecule has 0 fully saturated rings. The molecule has 4 rings (SSSR count). The Kier molecular flexibility index (Phi) is 4.70. The molecule has 154 valence electrons. The van der Waals surface area contributed by atoms with Gasteiger partial charge in [-0.05, 0) is 31.2 Å². The molecule has 1 aliphatic heterocycles. The summed E-state index contributed by atoms with van der Waals surface area (Å²) in [5.41, 5.74) is 6.58. The summed E-state index contributed by atoms with van der Waals surface area (Å²) in [4.78, 5) is 46.0. The molecule has 11 nitrogen and oxygen atoms in total. The summed E-state index contributed by atoms with van der Waals surface area (Å²) in [6, 6.07) is 5.71. The number of hydrogen-bond acceptors (Lipinski definition) is 7. The van der Waals surface area contributed by atoms with Gasteiger partial charge >= 0.3 is 11.7 Å². The zero-order valence-electron chi connectivity index (χ0n) is 15.9. The monoisotopic (exact) mass is 410 g/mol. The van der Waals surface area contributed by atoms with Crippen molar-refractivity contribution in [2.45, 2.75) is 13.0 Å². The quantitative estimate of drug-likeness (QED) is 0.639. The van der Waals surface area contributed by atoms with Crippen LogP contribution in [0.2, 0.25) is 0 Å². The lowest BCUT2D eigenvalue weighted by molar-refractivity contribution is -0.140. The van der Waals surface area contributed by atoms with Crippen molar-refractivity contribution in [1.82, 2.24) is 19.1 Å². The number of carboxylic acids is 1. The highest BCUT2D eigenvalue weighted by Gasteiger charge is 2.28. The minimum absolute atomic E-state index is 0.0361. The molecule has 3 N–H and O–H groups in total. The van der Waals surface area contributed by atoms with Crippen LogP contribution in [0.5, 0.6) is 5.88 Å². The molecule has 3 heterocycles. The van der Waals surface area contributed by atoms with E-state index in [4.69, 9.17) is 15.6 Å². The fraction of sp³-hybridized carbons (Fsp3) is 0.211. The van der Waals surface area contributed by atoms with Gasteiger partial charge in [0.1, 0.15) is 30.4 Å². The molecule has 2 aromatic heterocycles. The van der Waals surface area contributed by atoms with E-state index in [9.17, 15) is 14.4 Å². The maximum Gasteiger partial charge on any atom is 0.333 e. The normalized spacial score (nSPS) is 14.6. The average molecular weight is 410 g/mol. The molecule has 1 unspecified atom stereocenters. The van der Waals surface area contributed by atoms with E-state index in [1.807, 2.05) is 0 Å². The van der Waals surface area contributed by atoms with E-state index in [2.05, 4.69) is 9.97 Å². The molecule has 0 radical (unpaired) electrons. The number of carbonyl (C=O) groups excluding carboxylic acids is 1. The van der Waals surface area contributed by atoms with Crippen molar-refractivity contribution in [2.75, 3.05) is 23.8 Å². The Morgan fingerprint density at radius 2 is 1.87 bits per heavy atom. The minimum atomic E-state index is -1.10. The van der Waals surface area contributed by atoms with E-state index in [-0.39, 0.29) is 36.3 Å². The van der Waals surface area contributed by atoms with E-state index in [0.717, 1.165) is 4.57 Å². The molecule has 11 heteroatoms. The van der Waals surface area contributed by atoms with Crippen molar-refractivity contribution in [1.29, 1.82) is 0 Å². The third-order valence-corrected chi connectivity index (χ3v) is 4.87. The fourth-order valence-electron chi connectivity index (χ4n) is 3.20. The van der Waals surface area contributed by atoms with E-state index < -0.39 is 17.7 Å². The Labute approximate surface area is 170 Å². The number of imidazole rings is 1. The van der Waals surface area contributed by atoms with Crippen molar-refractivity contribution in [3.05, 3.63) is 59.0 Å². The number of aromatic nitrogens is 4. The second kappa shape index (κ2) is 7.35. The Hall–Kier alpha value is -4.15. The Balaban J connectivity index is 1.65. The Bertz CT molecular complexity index is 1180. The van der Waals surface area contributed by atoms with Crippen LogP contribution in [0.1, 0.15) is 23.3 Å². The highest BCUT2D eigenvalue weighted by atomic mass is 16.5. The van der Waals surface area contributed by atoms with Gasteiger partial charge in [0, 0.05) is 18.1 Å². The SMILES string of the molecule is CC(C(=O)O)n1ccn(-c2ccc(N3CCOc4ncnc(N)c4C3=O)cc2)c1=O. The molecule has 0 spiro atoms. The summed E-state index contributed by atoms with van der Waals surface area (Å²) >= 11 is 0. The minimum Gasteiger partial charge on any atom is -0.480 e. The topological polar surface area (TPSA) is 146 Å². The van der Waals surface area contributed by atoms with E-state index in [1.54, 1.807) is 24.3 Å². The van der Waals surface area contributed by atoms with Crippen LogP contribution in [0.3, 0.4) is 0 Å². The summed E-state index contributed by atoms with van der Waals surface area (Å²) in [7, 11) is 0. The number of benzene rings is 1. The highest BCUT2D eigenvalue weighted by molar-refractivity contribution is 6.10. The lowest BCUT2D eigenvalue weighted by Gasteiger charge is -2.20. The van der Waals surface area contributed by atoms with Crippen LogP contribution in [0.25, 0.3) is 5.69 Å². The first-order chi connectivity index (χ1) is 14.4. The molecular weight excluding hydrogens is 392 g/mol. The van der Waals surface area contributed by atoms with Gasteiger partial charge in [0.25, 0.3) is 5.91 Å². The summed E-state index contributed by atoms with van der Waals surface area (Å²) in [6.07, 6.45) is 4.15. The van der Waals surface area contributed by atoms with Gasteiger partial charge in [0.05, 0.1) is 12.2 Å². The van der Waals surface area contributed by atoms with E-state index in [0.29, 0.717) is 11.4 Å². The van der Waals surface area contributed by atoms with Crippen molar-refractivity contribution in [3.63, 3.8) is 0 Å². The molecule has 0 saturated carbocycles. The van der Waals surface area contributed by atoms with Gasteiger partial charge in [-0.1, -0.05) is 0 Å². The number of aliphatic carboxylic acids is 1. The van der Waals surface area contributed by atoms with Crippen LogP contribution in [0.15, 0.2) is 47.8 Å². The highest BCUT2D eigenvalue weighted by Crippen LogP contribution is 2.27. The number of fused-ring (bicyclic) bond motifs is 1. The molecule has 1 aliphatic rings. The molecule has 0 saturated heterocycles. The number of anilines is 2. The number of ether oxygens (including phenoxy) is 1. The third kappa shape index (κ3) is 3.15. The van der Waals surface area contributed by atoms with Crippen molar-refractivity contribution >= 4 is 23.4 Å². The maximum absolute atomic E-state index is 13.0. The lowest BCUT2D eigenvalue weighted by Crippen LogP contribution is -2.33. The van der Waals surface area contributed by atoms with Gasteiger partial charge in [-0.25, -0.2) is 19.6 Å². The van der Waals surface area contributed by atoms with Crippen LogP contribution in [-0.2, 0) is 4.79 Å². The molecule has 30 heavy (non-hydrogen) atoms. The Morgan fingerprint density at radius 3 is 2.57 bits per heavy atom. The second-order valence-corrected chi connectivity index (χ2v) is 6.63. The van der Waals surface area contributed by atoms with Crippen molar-refractivity contribution < 1.29 is 19.4 Å². The molecule has 3 aromatic rings. The predicted molar refractivity (Wildman–Crippen MR) is 106 cm³/mol. The van der Waals surface area contributed by atoms with Crippen LogP contribution in [0, 0.1) is 0 Å². The smallest absolute Gasteiger partial charge is 0.333 e. The van der Waals surface area contributed by atoms with Crippen LogP contribution >= 0.6 is 0 Å². The standard InChI is InChI=1S/C19H18N6O5/c1-11(18(27)28)23-6-7-25(19(23)29)13-4-2-12(3-5-13)24-8-9-30-16-14(17(24)26)15(20)21-10-22-16/h2-7,10-11H,8-9H2,1H3,(H,27,28)(H2,20,21,22). The molecule has 0 aliphatic carbocycles. The van der Waals surface area contributed by atoms with Crippen molar-refractivity contribution in [3.8, 4) is 11.6 Å². The van der Waals surface area contributed by atoms with Gasteiger partial charge in [0.2, 0.25) is 5.88 Å². The number of carboxylic acid groups (broad SMARTS) is 1. The van der Waals surface area contributed by atoms with Crippen LogP contribution in [0.4, 0.5) is 11.5 Å². The summed E-state index contributed by atoms with van der Waals surface area (Å²) in [5.74, 6) is -1.30. The number of hydrogen-bond donors (Lipinski definition) is 2. The molecular formula is C19H18N6O5. The number of nitrogens with two attached hydrogens (primary N) is 1. The van der Waals surface area contributed by atoms with Gasteiger partial charge < -0.3 is 20.5 Å².